The number of ketones is 1. The van der Waals surface area contributed by atoms with Crippen molar-refractivity contribution in [2.45, 2.75) is 64.1 Å². The summed E-state index contributed by atoms with van der Waals surface area (Å²) in [6.45, 7) is 9.58. The maximum atomic E-state index is 13.2. The quantitative estimate of drug-likeness (QED) is 0.625. The van der Waals surface area contributed by atoms with Gasteiger partial charge in [-0.2, -0.15) is 0 Å². The Morgan fingerprint density at radius 1 is 1.12 bits per heavy atom. The number of nitrogens with one attached hydrogen (secondary N) is 2. The number of Topliss-reactive ketones (excluding diaryl/α,β-unsaturated/α-hetero) is 1. The average Bonchev–Trinajstić information content (AvgIpc) is 3.01. The van der Waals surface area contributed by atoms with E-state index in [-0.39, 0.29) is 35.9 Å². The summed E-state index contributed by atoms with van der Waals surface area (Å²) < 4.78 is 5.40. The van der Waals surface area contributed by atoms with Crippen molar-refractivity contribution in [2.75, 3.05) is 6.61 Å². The van der Waals surface area contributed by atoms with Crippen LogP contribution in [0.25, 0.3) is 0 Å². The minimum Gasteiger partial charge on any atom is -0.508 e. The molecule has 33 heavy (non-hydrogen) atoms. The third-order valence-electron chi connectivity index (χ3n) is 6.25. The van der Waals surface area contributed by atoms with Crippen LogP contribution in [0, 0.1) is 0 Å². The summed E-state index contributed by atoms with van der Waals surface area (Å²) in [4.78, 5) is 38.6. The molecule has 7 nitrogen and oxygen atoms in total. The molecule has 0 radical (unpaired) electrons. The lowest BCUT2D eigenvalue weighted by Gasteiger charge is -2.30. The minimum absolute atomic E-state index is 0.0433. The zero-order valence-corrected chi connectivity index (χ0v) is 19.8. The van der Waals surface area contributed by atoms with Gasteiger partial charge < -0.3 is 20.5 Å². The van der Waals surface area contributed by atoms with Crippen LogP contribution in [0.15, 0.2) is 48.5 Å². The fraction of sp³-hybridized carbons (Fsp3) is 0.423. The Bertz CT molecular complexity index is 1020. The number of amides is 2. The lowest BCUT2D eigenvalue weighted by Crippen LogP contribution is -2.60. The average molecular weight is 453 g/mol. The van der Waals surface area contributed by atoms with Crippen molar-refractivity contribution in [1.82, 2.24) is 10.6 Å². The van der Waals surface area contributed by atoms with Gasteiger partial charge in [-0.3, -0.25) is 14.4 Å². The number of carbonyl (C=O) groups is 3. The number of carbonyl (C=O) groups excluding carboxylic acids is 3. The highest BCUT2D eigenvalue weighted by atomic mass is 16.5. The molecule has 3 atom stereocenters. The molecule has 0 aromatic heterocycles. The van der Waals surface area contributed by atoms with Gasteiger partial charge in [-0.05, 0) is 54.7 Å². The van der Waals surface area contributed by atoms with Crippen LogP contribution in [-0.2, 0) is 26.2 Å². The number of rotatable bonds is 6. The molecule has 0 bridgehead atoms. The van der Waals surface area contributed by atoms with Crippen molar-refractivity contribution >= 4 is 17.6 Å². The summed E-state index contributed by atoms with van der Waals surface area (Å²) in [6, 6.07) is 12.8. The normalized spacial score (nSPS) is 21.5. The Morgan fingerprint density at radius 2 is 1.73 bits per heavy atom. The van der Waals surface area contributed by atoms with E-state index in [1.54, 1.807) is 38.1 Å². The second kappa shape index (κ2) is 9.35. The number of hydrogen-bond donors (Lipinski definition) is 3. The molecule has 0 saturated carbocycles. The molecule has 7 heteroatoms. The first-order valence-corrected chi connectivity index (χ1v) is 11.1. The Balaban J connectivity index is 1.82. The van der Waals surface area contributed by atoms with Crippen LogP contribution >= 0.6 is 0 Å². The van der Waals surface area contributed by atoms with Crippen molar-refractivity contribution in [3.05, 3.63) is 65.2 Å². The molecule has 3 N–H and O–H groups in total. The van der Waals surface area contributed by atoms with Gasteiger partial charge in [0.1, 0.15) is 23.9 Å². The van der Waals surface area contributed by atoms with E-state index in [1.807, 2.05) is 12.1 Å². The molecular formula is C26H32N2O5. The van der Waals surface area contributed by atoms with Crippen LogP contribution in [0.3, 0.4) is 0 Å². The van der Waals surface area contributed by atoms with E-state index in [2.05, 4.69) is 31.4 Å². The van der Waals surface area contributed by atoms with Crippen molar-refractivity contribution < 1.29 is 24.2 Å². The van der Waals surface area contributed by atoms with Gasteiger partial charge in [0.05, 0.1) is 6.10 Å². The number of benzene rings is 2. The van der Waals surface area contributed by atoms with Crippen molar-refractivity contribution in [1.29, 1.82) is 0 Å². The first-order chi connectivity index (χ1) is 15.4. The minimum atomic E-state index is -1.16. The summed E-state index contributed by atoms with van der Waals surface area (Å²) in [5.74, 6) is -0.967. The van der Waals surface area contributed by atoms with Crippen LogP contribution < -0.4 is 10.6 Å². The molecule has 0 aliphatic carbocycles. The Labute approximate surface area is 194 Å². The third-order valence-corrected chi connectivity index (χ3v) is 6.25. The molecule has 2 aromatic rings. The van der Waals surface area contributed by atoms with Gasteiger partial charge >= 0.3 is 0 Å². The van der Waals surface area contributed by atoms with Gasteiger partial charge in [0, 0.05) is 12.0 Å². The number of hydrogen-bond acceptors (Lipinski definition) is 5. The van der Waals surface area contributed by atoms with Crippen LogP contribution in [0.2, 0.25) is 0 Å². The van der Waals surface area contributed by atoms with E-state index in [0.29, 0.717) is 5.56 Å². The molecule has 0 spiro atoms. The second-order valence-corrected chi connectivity index (χ2v) is 9.79. The number of phenols is 1. The van der Waals surface area contributed by atoms with E-state index < -0.39 is 23.6 Å². The largest absolute Gasteiger partial charge is 0.508 e. The molecule has 1 heterocycles. The Kier molecular flexibility index (Phi) is 6.93. The lowest BCUT2D eigenvalue weighted by atomic mass is 9.86. The van der Waals surface area contributed by atoms with Crippen LogP contribution in [-0.4, -0.2) is 47.0 Å². The monoisotopic (exact) mass is 452 g/mol. The first-order valence-electron chi connectivity index (χ1n) is 11.1. The van der Waals surface area contributed by atoms with Gasteiger partial charge in [0.2, 0.25) is 5.91 Å². The zero-order chi connectivity index (χ0) is 24.4. The van der Waals surface area contributed by atoms with E-state index in [4.69, 9.17) is 4.74 Å². The lowest BCUT2D eigenvalue weighted by molar-refractivity contribution is -0.130. The summed E-state index contributed by atoms with van der Waals surface area (Å²) >= 11 is 0. The maximum absolute atomic E-state index is 13.2. The molecule has 1 unspecified atom stereocenters. The molecular weight excluding hydrogens is 420 g/mol. The molecule has 1 saturated heterocycles. The van der Waals surface area contributed by atoms with Crippen LogP contribution in [0.5, 0.6) is 5.75 Å². The van der Waals surface area contributed by atoms with Gasteiger partial charge in [-0.25, -0.2) is 0 Å². The molecule has 176 valence electrons. The molecule has 1 fully saturated rings. The Hall–Kier alpha value is -3.19. The molecule has 2 aromatic carbocycles. The molecule has 2 amide bonds. The van der Waals surface area contributed by atoms with Gasteiger partial charge in [0.15, 0.2) is 5.78 Å². The van der Waals surface area contributed by atoms with Gasteiger partial charge in [0.25, 0.3) is 5.91 Å². The van der Waals surface area contributed by atoms with Crippen LogP contribution in [0.4, 0.5) is 0 Å². The van der Waals surface area contributed by atoms with E-state index in [9.17, 15) is 19.5 Å². The highest BCUT2D eigenvalue weighted by Crippen LogP contribution is 2.24. The number of phenolic OH excluding ortho intramolecular Hbond substituents is 1. The summed E-state index contributed by atoms with van der Waals surface area (Å²) in [7, 11) is 0. The van der Waals surface area contributed by atoms with E-state index in [1.165, 1.54) is 12.1 Å². The predicted octanol–water partition coefficient (Wildman–Crippen LogP) is 2.89. The number of aromatic hydroxyl groups is 1. The first kappa shape index (κ1) is 24.5. The topological polar surface area (TPSA) is 105 Å². The van der Waals surface area contributed by atoms with Crippen LogP contribution in [0.1, 0.15) is 56.1 Å². The predicted molar refractivity (Wildman–Crippen MR) is 125 cm³/mol. The highest BCUT2D eigenvalue weighted by molar-refractivity contribution is 6.00. The SMILES string of the molecule is C[C@@H]1OCC(=O)[C@]1(C)NC(=O)C(Cc1ccc(O)cc1)NC(=O)c1ccc(C(C)(C)C)cc1. The number of ether oxygens (including phenoxy) is 1. The van der Waals surface area contributed by atoms with Crippen molar-refractivity contribution in [3.8, 4) is 5.75 Å². The van der Waals surface area contributed by atoms with E-state index in [0.717, 1.165) is 11.1 Å². The van der Waals surface area contributed by atoms with Gasteiger partial charge in [-0.15, -0.1) is 0 Å². The molecule has 1 aliphatic heterocycles. The Morgan fingerprint density at radius 3 is 2.24 bits per heavy atom. The summed E-state index contributed by atoms with van der Waals surface area (Å²) in [5.41, 5.74) is 1.08. The van der Waals surface area contributed by atoms with Crippen molar-refractivity contribution in [3.63, 3.8) is 0 Å². The maximum Gasteiger partial charge on any atom is 0.251 e. The smallest absolute Gasteiger partial charge is 0.251 e. The fourth-order valence-corrected chi connectivity index (χ4v) is 3.70. The zero-order valence-electron chi connectivity index (χ0n) is 19.8. The fourth-order valence-electron chi connectivity index (χ4n) is 3.70. The van der Waals surface area contributed by atoms with E-state index >= 15 is 0 Å². The molecule has 1 aliphatic rings. The second-order valence-electron chi connectivity index (χ2n) is 9.79. The van der Waals surface area contributed by atoms with Crippen molar-refractivity contribution in [2.24, 2.45) is 0 Å². The summed E-state index contributed by atoms with van der Waals surface area (Å²) in [6.07, 6.45) is -0.291. The molecule has 3 rings (SSSR count). The standard InChI is InChI=1S/C26H32N2O5/c1-16-26(5,22(30)15-33-16)28-24(32)21(14-17-6-12-20(29)13-7-17)27-23(31)18-8-10-19(11-9-18)25(2,3)4/h6-13,16,21,29H,14-15H2,1-5H3,(H,27,31)(H,28,32)/t16-,21?,26+/m0/s1. The highest BCUT2D eigenvalue weighted by Gasteiger charge is 2.47. The summed E-state index contributed by atoms with van der Waals surface area (Å²) in [5, 5.41) is 15.2. The van der Waals surface area contributed by atoms with Gasteiger partial charge in [-0.1, -0.05) is 45.0 Å². The third kappa shape index (κ3) is 5.60.